The van der Waals surface area contributed by atoms with Crippen molar-refractivity contribution in [3.8, 4) is 0 Å². The summed E-state index contributed by atoms with van der Waals surface area (Å²) in [5.74, 6) is 0. The van der Waals surface area contributed by atoms with E-state index in [4.69, 9.17) is 9.84 Å². The van der Waals surface area contributed by atoms with Gasteiger partial charge in [0.15, 0.2) is 0 Å². The van der Waals surface area contributed by atoms with Gasteiger partial charge in [-0.3, -0.25) is 4.79 Å². The first-order valence-corrected chi connectivity index (χ1v) is 10.2. The van der Waals surface area contributed by atoms with Crippen LogP contribution < -0.4 is 0 Å². The van der Waals surface area contributed by atoms with E-state index in [9.17, 15) is 4.79 Å². The Morgan fingerprint density at radius 1 is 1.17 bits per heavy atom. The summed E-state index contributed by atoms with van der Waals surface area (Å²) in [6.07, 6.45) is 2.64. The lowest BCUT2D eigenvalue weighted by atomic mass is 9.99. The third kappa shape index (κ3) is 6.78. The van der Waals surface area contributed by atoms with E-state index >= 15 is 0 Å². The Morgan fingerprint density at radius 2 is 1.77 bits per heavy atom. The van der Waals surface area contributed by atoms with Crippen LogP contribution in [0.15, 0.2) is 67.4 Å². The van der Waals surface area contributed by atoms with Crippen LogP contribution in [-0.4, -0.2) is 35.1 Å². The summed E-state index contributed by atoms with van der Waals surface area (Å²) >= 11 is 0. The number of para-hydroxylation sites is 1. The minimum absolute atomic E-state index is 0.161. The zero-order chi connectivity index (χ0) is 22.4. The molecule has 4 rings (SSSR count). The predicted molar refractivity (Wildman–Crippen MR) is 125 cm³/mol. The van der Waals surface area contributed by atoms with Gasteiger partial charge in [-0.15, -0.1) is 0 Å². The fourth-order valence-corrected chi connectivity index (χ4v) is 3.33. The third-order valence-corrected chi connectivity index (χ3v) is 4.67. The van der Waals surface area contributed by atoms with Crippen molar-refractivity contribution in [2.75, 3.05) is 13.7 Å². The van der Waals surface area contributed by atoms with Gasteiger partial charge in [0.05, 0.1) is 18.9 Å². The summed E-state index contributed by atoms with van der Waals surface area (Å²) in [5, 5.41) is 8.63. The zero-order valence-corrected chi connectivity index (χ0v) is 18.5. The van der Waals surface area contributed by atoms with Gasteiger partial charge >= 0.3 is 0 Å². The monoisotopic (exact) mass is 410 g/mol. The lowest BCUT2D eigenvalue weighted by Crippen LogP contribution is -2.32. The van der Waals surface area contributed by atoms with E-state index in [1.54, 1.807) is 7.11 Å². The highest BCUT2D eigenvalue weighted by Crippen LogP contribution is 2.33. The van der Waals surface area contributed by atoms with Crippen LogP contribution in [0.5, 0.6) is 0 Å². The molecule has 0 spiro atoms. The Labute approximate surface area is 180 Å². The molecule has 2 N–H and O–H groups in total. The number of hydrogen-bond acceptors (Lipinski definition) is 3. The molecule has 1 aliphatic heterocycles. The second kappa shape index (κ2) is 14.0. The minimum atomic E-state index is 0.161. The molecule has 1 atom stereocenters. The van der Waals surface area contributed by atoms with E-state index in [0.717, 1.165) is 25.6 Å². The van der Waals surface area contributed by atoms with Crippen LogP contribution in [-0.2, 0) is 22.6 Å². The van der Waals surface area contributed by atoms with E-state index in [1.165, 1.54) is 27.7 Å². The number of carbonyl (C=O) groups is 1. The predicted octanol–water partition coefficient (Wildman–Crippen LogP) is 5.79. The summed E-state index contributed by atoms with van der Waals surface area (Å²) in [7, 11) is 1.70. The number of carbonyl (C=O) groups excluding carboxylic acids is 1. The number of fused-ring (bicyclic) bond motifs is 3. The molecule has 0 aliphatic carbocycles. The minimum Gasteiger partial charge on any atom is -0.516 e. The van der Waals surface area contributed by atoms with Crippen LogP contribution >= 0.6 is 0 Å². The molecular weight excluding hydrogens is 376 g/mol. The molecule has 1 unspecified atom stereocenters. The number of amides is 1. The maximum Gasteiger partial charge on any atom is 0.210 e. The van der Waals surface area contributed by atoms with Crippen molar-refractivity contribution in [2.24, 2.45) is 0 Å². The normalized spacial score (nSPS) is 14.0. The first-order valence-electron chi connectivity index (χ1n) is 10.2. The van der Waals surface area contributed by atoms with E-state index in [-0.39, 0.29) is 6.04 Å². The Balaban J connectivity index is 0.000000274. The van der Waals surface area contributed by atoms with Crippen LogP contribution in [0.1, 0.15) is 43.6 Å². The maximum atomic E-state index is 10.9. The van der Waals surface area contributed by atoms with Crippen LogP contribution in [0.25, 0.3) is 10.9 Å². The standard InChI is InChI=1S/C13H14N2O.C8H10O.C2H4O.C2H6/c1-9-13-11(6-7-15(9)8-16)10-4-2-3-5-12(10)14-13;1-9-7-8-5-3-2-4-6-8;1-2-3;1-2/h2-5,8-9,14H,6-7H2,1H3;2-6H,7H2,1H3;2-3H,1H2;1-2H3. The maximum absolute atomic E-state index is 10.9. The number of ether oxygens (including phenoxy) is 1. The molecule has 2 heterocycles. The van der Waals surface area contributed by atoms with E-state index in [0.29, 0.717) is 6.61 Å². The number of nitrogens with zero attached hydrogens (tertiary/aromatic N) is 1. The molecule has 30 heavy (non-hydrogen) atoms. The van der Waals surface area contributed by atoms with Crippen molar-refractivity contribution in [1.82, 2.24) is 9.88 Å². The highest BCUT2D eigenvalue weighted by Gasteiger charge is 2.25. The van der Waals surface area contributed by atoms with Gasteiger partial charge in [-0.2, -0.15) is 0 Å². The SMILES string of the molecule is C=CO.CC.CC1c2[nH]c3ccccc3c2CCN1C=O.COCc1ccccc1. The van der Waals surface area contributed by atoms with Crippen LogP contribution in [0.3, 0.4) is 0 Å². The number of rotatable bonds is 3. The van der Waals surface area contributed by atoms with Crippen molar-refractivity contribution in [1.29, 1.82) is 0 Å². The summed E-state index contributed by atoms with van der Waals surface area (Å²) in [6, 6.07) is 18.6. The van der Waals surface area contributed by atoms with Gasteiger partial charge in [0.1, 0.15) is 0 Å². The van der Waals surface area contributed by atoms with Crippen molar-refractivity contribution in [3.05, 3.63) is 84.3 Å². The summed E-state index contributed by atoms with van der Waals surface area (Å²) < 4.78 is 4.93. The largest absolute Gasteiger partial charge is 0.516 e. The molecule has 1 aromatic heterocycles. The smallest absolute Gasteiger partial charge is 0.210 e. The average molecular weight is 411 g/mol. The topological polar surface area (TPSA) is 65.6 Å². The summed E-state index contributed by atoms with van der Waals surface area (Å²) in [6.45, 7) is 10.5. The van der Waals surface area contributed by atoms with Gasteiger partial charge in [0.2, 0.25) is 6.41 Å². The number of nitrogens with one attached hydrogen (secondary N) is 1. The third-order valence-electron chi connectivity index (χ3n) is 4.67. The number of hydrogen-bond donors (Lipinski definition) is 2. The van der Waals surface area contributed by atoms with Crippen molar-refractivity contribution in [3.63, 3.8) is 0 Å². The van der Waals surface area contributed by atoms with Crippen molar-refractivity contribution in [2.45, 2.75) is 39.8 Å². The first kappa shape index (κ1) is 25.0. The zero-order valence-electron chi connectivity index (χ0n) is 18.5. The van der Waals surface area contributed by atoms with Gasteiger partial charge in [0.25, 0.3) is 0 Å². The molecular formula is C25H34N2O3. The van der Waals surface area contributed by atoms with Crippen LogP contribution in [0, 0.1) is 0 Å². The van der Waals surface area contributed by atoms with Crippen LogP contribution in [0.4, 0.5) is 0 Å². The molecule has 2 aromatic carbocycles. The summed E-state index contributed by atoms with van der Waals surface area (Å²) in [5.41, 5.74) is 4.97. The van der Waals surface area contributed by atoms with Gasteiger partial charge in [0, 0.05) is 30.3 Å². The van der Waals surface area contributed by atoms with Crippen LogP contribution in [0.2, 0.25) is 0 Å². The Morgan fingerprint density at radius 3 is 2.37 bits per heavy atom. The summed E-state index contributed by atoms with van der Waals surface area (Å²) in [4.78, 5) is 16.2. The van der Waals surface area contributed by atoms with Crippen molar-refractivity contribution >= 4 is 17.3 Å². The van der Waals surface area contributed by atoms with E-state index in [1.807, 2.05) is 55.1 Å². The van der Waals surface area contributed by atoms with Gasteiger partial charge in [-0.1, -0.05) is 69.0 Å². The molecule has 0 saturated heterocycles. The molecule has 1 amide bonds. The lowest BCUT2D eigenvalue weighted by molar-refractivity contribution is -0.120. The molecule has 0 fully saturated rings. The van der Waals surface area contributed by atoms with E-state index in [2.05, 4.69) is 36.7 Å². The fourth-order valence-electron chi connectivity index (χ4n) is 3.33. The van der Waals surface area contributed by atoms with Gasteiger partial charge in [-0.25, -0.2) is 0 Å². The first-order chi connectivity index (χ1) is 14.7. The number of aliphatic hydroxyl groups is 1. The average Bonchev–Trinajstić information content (AvgIpc) is 3.17. The molecule has 0 radical (unpaired) electrons. The molecule has 3 aromatic rings. The molecule has 5 nitrogen and oxygen atoms in total. The Bertz CT molecular complexity index is 874. The van der Waals surface area contributed by atoms with Gasteiger partial charge in [-0.05, 0) is 30.5 Å². The molecule has 5 heteroatoms. The fraction of sp³-hybridized carbons (Fsp3) is 0.320. The molecule has 1 aliphatic rings. The number of aromatic amines is 1. The molecule has 0 bridgehead atoms. The Hall–Kier alpha value is -3.05. The second-order valence-corrected chi connectivity index (χ2v) is 6.43. The molecule has 162 valence electrons. The number of aliphatic hydroxyl groups excluding tert-OH is 1. The number of benzene rings is 2. The Kier molecular flexibility index (Phi) is 11.7. The lowest BCUT2D eigenvalue weighted by Gasteiger charge is -2.30. The van der Waals surface area contributed by atoms with E-state index < -0.39 is 0 Å². The highest BCUT2D eigenvalue weighted by molar-refractivity contribution is 5.85. The molecule has 0 saturated carbocycles. The number of H-pyrrole nitrogens is 1. The number of methoxy groups -OCH3 is 1. The van der Waals surface area contributed by atoms with Crippen molar-refractivity contribution < 1.29 is 14.6 Å². The van der Waals surface area contributed by atoms with Gasteiger partial charge < -0.3 is 19.7 Å². The number of aromatic nitrogens is 1. The second-order valence-electron chi connectivity index (χ2n) is 6.43. The highest BCUT2D eigenvalue weighted by atomic mass is 16.5. The quantitative estimate of drug-likeness (QED) is 0.424.